The van der Waals surface area contributed by atoms with E-state index in [1.165, 1.54) is 10.8 Å². The Bertz CT molecular complexity index is 1370. The number of hydrogen-bond donors (Lipinski definition) is 0. The number of nitriles is 1. The average Bonchev–Trinajstić information content (AvgIpc) is 3.07. The standard InChI is InChI=1S/C25H15BrN2/c26-19-11-13-25-22(15-19)20-8-4-5-9-23(20)28(25)24-12-10-17(16-27)14-21(24)18-6-2-1-3-7-18/h1-15H. The number of halogens is 1. The van der Waals surface area contributed by atoms with Gasteiger partial charge in [0.2, 0.25) is 0 Å². The maximum atomic E-state index is 9.44. The second-order valence-electron chi connectivity index (χ2n) is 6.72. The molecule has 0 amide bonds. The van der Waals surface area contributed by atoms with E-state index in [4.69, 9.17) is 0 Å². The highest BCUT2D eigenvalue weighted by Crippen LogP contribution is 2.37. The van der Waals surface area contributed by atoms with Crippen LogP contribution in [-0.4, -0.2) is 4.57 Å². The predicted molar refractivity (Wildman–Crippen MR) is 119 cm³/mol. The summed E-state index contributed by atoms with van der Waals surface area (Å²) in [6.45, 7) is 0. The third kappa shape index (κ3) is 2.62. The van der Waals surface area contributed by atoms with Gasteiger partial charge < -0.3 is 4.57 Å². The molecule has 0 saturated carbocycles. The lowest BCUT2D eigenvalue weighted by Crippen LogP contribution is -1.98. The number of fused-ring (bicyclic) bond motifs is 3. The molecule has 3 heteroatoms. The van der Waals surface area contributed by atoms with E-state index in [0.717, 1.165) is 32.3 Å². The van der Waals surface area contributed by atoms with Gasteiger partial charge in [-0.25, -0.2) is 0 Å². The molecule has 1 heterocycles. The molecular formula is C25H15BrN2. The second kappa shape index (κ2) is 6.67. The van der Waals surface area contributed by atoms with Gasteiger partial charge in [-0.2, -0.15) is 5.26 Å². The normalized spacial score (nSPS) is 11.0. The van der Waals surface area contributed by atoms with E-state index in [-0.39, 0.29) is 0 Å². The third-order valence-electron chi connectivity index (χ3n) is 5.09. The lowest BCUT2D eigenvalue weighted by molar-refractivity contribution is 1.18. The molecule has 132 valence electrons. The van der Waals surface area contributed by atoms with Gasteiger partial charge in [0.25, 0.3) is 0 Å². The van der Waals surface area contributed by atoms with Gasteiger partial charge in [-0.15, -0.1) is 0 Å². The first-order valence-electron chi connectivity index (χ1n) is 9.05. The van der Waals surface area contributed by atoms with Crippen molar-refractivity contribution in [3.05, 3.63) is 101 Å². The number of hydrogen-bond acceptors (Lipinski definition) is 1. The van der Waals surface area contributed by atoms with Gasteiger partial charge in [-0.3, -0.25) is 0 Å². The van der Waals surface area contributed by atoms with Gasteiger partial charge in [0, 0.05) is 20.8 Å². The predicted octanol–water partition coefficient (Wildman–Crippen LogP) is 7.08. The molecule has 5 aromatic rings. The van der Waals surface area contributed by atoms with Gasteiger partial charge >= 0.3 is 0 Å². The smallest absolute Gasteiger partial charge is 0.0991 e. The summed E-state index contributed by atoms with van der Waals surface area (Å²) in [6, 6.07) is 33.3. The van der Waals surface area contributed by atoms with Gasteiger partial charge in [-0.05, 0) is 48.0 Å². The molecule has 5 rings (SSSR count). The summed E-state index contributed by atoms with van der Waals surface area (Å²) in [5.41, 5.74) is 6.16. The number of rotatable bonds is 2. The summed E-state index contributed by atoms with van der Waals surface area (Å²) >= 11 is 3.61. The molecule has 0 N–H and O–H groups in total. The maximum Gasteiger partial charge on any atom is 0.0991 e. The zero-order chi connectivity index (χ0) is 19.1. The fourth-order valence-electron chi connectivity index (χ4n) is 3.85. The molecule has 0 spiro atoms. The molecule has 0 aliphatic carbocycles. The van der Waals surface area contributed by atoms with Gasteiger partial charge in [0.15, 0.2) is 0 Å². The maximum absolute atomic E-state index is 9.44. The average molecular weight is 423 g/mol. The van der Waals surface area contributed by atoms with Crippen molar-refractivity contribution in [1.29, 1.82) is 5.26 Å². The largest absolute Gasteiger partial charge is 0.309 e. The Morgan fingerprint density at radius 3 is 2.29 bits per heavy atom. The minimum absolute atomic E-state index is 0.658. The van der Waals surface area contributed by atoms with Crippen molar-refractivity contribution in [3.8, 4) is 22.9 Å². The Hall–Kier alpha value is -3.35. The Balaban J connectivity index is 1.93. The number of para-hydroxylation sites is 1. The molecule has 4 aromatic carbocycles. The third-order valence-corrected chi connectivity index (χ3v) is 5.58. The Labute approximate surface area is 171 Å². The van der Waals surface area contributed by atoms with Crippen LogP contribution in [0.5, 0.6) is 0 Å². The van der Waals surface area contributed by atoms with Crippen molar-refractivity contribution in [2.75, 3.05) is 0 Å². The Morgan fingerprint density at radius 2 is 1.46 bits per heavy atom. The van der Waals surface area contributed by atoms with E-state index in [1.54, 1.807) is 0 Å². The first kappa shape index (κ1) is 16.8. The number of aromatic nitrogens is 1. The van der Waals surface area contributed by atoms with E-state index in [0.29, 0.717) is 5.56 Å². The van der Waals surface area contributed by atoms with Gasteiger partial charge in [0.1, 0.15) is 0 Å². The first-order chi connectivity index (χ1) is 13.8. The van der Waals surface area contributed by atoms with Crippen LogP contribution in [0.3, 0.4) is 0 Å². The van der Waals surface area contributed by atoms with Crippen LogP contribution in [0.15, 0.2) is 95.5 Å². The summed E-state index contributed by atoms with van der Waals surface area (Å²) in [4.78, 5) is 0. The Morgan fingerprint density at radius 1 is 0.714 bits per heavy atom. The fraction of sp³-hybridized carbons (Fsp3) is 0. The van der Waals surface area contributed by atoms with Crippen LogP contribution in [0.25, 0.3) is 38.6 Å². The first-order valence-corrected chi connectivity index (χ1v) is 9.84. The molecule has 0 radical (unpaired) electrons. The molecule has 0 aliphatic rings. The van der Waals surface area contributed by atoms with Crippen LogP contribution in [0, 0.1) is 11.3 Å². The highest BCUT2D eigenvalue weighted by atomic mass is 79.9. The van der Waals surface area contributed by atoms with Crippen LogP contribution in [0.2, 0.25) is 0 Å². The van der Waals surface area contributed by atoms with Crippen LogP contribution in [-0.2, 0) is 0 Å². The van der Waals surface area contributed by atoms with Crippen molar-refractivity contribution in [3.63, 3.8) is 0 Å². The molecule has 0 bridgehead atoms. The molecular weight excluding hydrogens is 408 g/mol. The minimum atomic E-state index is 0.658. The molecule has 0 saturated heterocycles. The van der Waals surface area contributed by atoms with Crippen molar-refractivity contribution < 1.29 is 0 Å². The quantitative estimate of drug-likeness (QED) is 0.298. The van der Waals surface area contributed by atoms with E-state index < -0.39 is 0 Å². The summed E-state index contributed by atoms with van der Waals surface area (Å²) in [5, 5.41) is 11.9. The zero-order valence-electron chi connectivity index (χ0n) is 14.9. The monoisotopic (exact) mass is 422 g/mol. The minimum Gasteiger partial charge on any atom is -0.309 e. The Kier molecular flexibility index (Phi) is 4.00. The topological polar surface area (TPSA) is 28.7 Å². The van der Waals surface area contributed by atoms with Crippen LogP contribution < -0.4 is 0 Å². The summed E-state index contributed by atoms with van der Waals surface area (Å²) in [5.74, 6) is 0. The van der Waals surface area contributed by atoms with Crippen molar-refractivity contribution in [1.82, 2.24) is 4.57 Å². The summed E-state index contributed by atoms with van der Waals surface area (Å²) < 4.78 is 3.35. The highest BCUT2D eigenvalue weighted by molar-refractivity contribution is 9.10. The molecule has 0 atom stereocenters. The summed E-state index contributed by atoms with van der Waals surface area (Å²) in [7, 11) is 0. The SMILES string of the molecule is N#Cc1ccc(-n2c3ccccc3c3cc(Br)ccc32)c(-c2ccccc2)c1. The zero-order valence-corrected chi connectivity index (χ0v) is 16.5. The number of benzene rings is 4. The summed E-state index contributed by atoms with van der Waals surface area (Å²) in [6.07, 6.45) is 0. The van der Waals surface area contributed by atoms with E-state index in [1.807, 2.05) is 30.3 Å². The molecule has 1 aromatic heterocycles. The number of nitrogens with zero attached hydrogens (tertiary/aromatic N) is 2. The van der Waals surface area contributed by atoms with Crippen LogP contribution in [0.1, 0.15) is 5.56 Å². The van der Waals surface area contributed by atoms with Crippen molar-refractivity contribution >= 4 is 37.7 Å². The van der Waals surface area contributed by atoms with Crippen molar-refractivity contribution in [2.45, 2.75) is 0 Å². The van der Waals surface area contributed by atoms with E-state index in [9.17, 15) is 5.26 Å². The molecule has 28 heavy (non-hydrogen) atoms. The fourth-order valence-corrected chi connectivity index (χ4v) is 4.22. The lowest BCUT2D eigenvalue weighted by Gasteiger charge is -2.14. The lowest BCUT2D eigenvalue weighted by atomic mass is 10.0. The molecule has 0 fully saturated rings. The van der Waals surface area contributed by atoms with Crippen LogP contribution >= 0.6 is 15.9 Å². The van der Waals surface area contributed by atoms with Gasteiger partial charge in [0.05, 0.1) is 28.4 Å². The van der Waals surface area contributed by atoms with Crippen LogP contribution in [0.4, 0.5) is 0 Å². The molecule has 0 unspecified atom stereocenters. The van der Waals surface area contributed by atoms with E-state index >= 15 is 0 Å². The van der Waals surface area contributed by atoms with Gasteiger partial charge in [-0.1, -0.05) is 64.5 Å². The molecule has 2 nitrogen and oxygen atoms in total. The van der Waals surface area contributed by atoms with Crippen molar-refractivity contribution in [2.24, 2.45) is 0 Å². The molecule has 0 aliphatic heterocycles. The highest BCUT2D eigenvalue weighted by Gasteiger charge is 2.16. The second-order valence-corrected chi connectivity index (χ2v) is 7.64. The van der Waals surface area contributed by atoms with E-state index in [2.05, 4.69) is 87.2 Å².